The fraction of sp³-hybridized carbons (Fsp3) is 0. The molecule has 0 aliphatic rings. The average Bonchev–Trinajstić information content (AvgIpc) is 2.44. The van der Waals surface area contributed by atoms with E-state index in [0.717, 1.165) is 0 Å². The number of hydrogen-bond donors (Lipinski definition) is 3. The highest BCUT2D eigenvalue weighted by atomic mass is 16.3. The van der Waals surface area contributed by atoms with Crippen LogP contribution in [0.2, 0.25) is 0 Å². The van der Waals surface area contributed by atoms with Gasteiger partial charge in [0, 0.05) is 11.1 Å². The van der Waals surface area contributed by atoms with Gasteiger partial charge in [0.25, 0.3) is 5.91 Å². The Balaban J connectivity index is 2.05. The van der Waals surface area contributed by atoms with Crippen LogP contribution in [0.25, 0.3) is 0 Å². The number of benzene rings is 2. The fourth-order valence-electron chi connectivity index (χ4n) is 1.47. The number of amides is 1. The lowest BCUT2D eigenvalue weighted by molar-refractivity contribution is 0.0955. The van der Waals surface area contributed by atoms with Crippen molar-refractivity contribution in [1.29, 1.82) is 0 Å². The predicted molar refractivity (Wildman–Crippen MR) is 71.3 cm³/mol. The Morgan fingerprint density at radius 1 is 1.05 bits per heavy atom. The molecule has 0 aliphatic carbocycles. The van der Waals surface area contributed by atoms with Crippen molar-refractivity contribution in [3.05, 3.63) is 59.7 Å². The van der Waals surface area contributed by atoms with E-state index in [-0.39, 0.29) is 17.4 Å². The van der Waals surface area contributed by atoms with Crippen LogP contribution in [0.15, 0.2) is 53.6 Å². The number of para-hydroxylation sites is 1. The summed E-state index contributed by atoms with van der Waals surface area (Å²) in [7, 11) is 0. The summed E-state index contributed by atoms with van der Waals surface area (Å²) in [4.78, 5) is 11.7. The van der Waals surface area contributed by atoms with Crippen molar-refractivity contribution >= 4 is 12.1 Å². The lowest BCUT2D eigenvalue weighted by Gasteiger charge is -2.01. The summed E-state index contributed by atoms with van der Waals surface area (Å²) in [5.74, 6) is -0.866. The van der Waals surface area contributed by atoms with Crippen LogP contribution in [-0.2, 0) is 0 Å². The van der Waals surface area contributed by atoms with Gasteiger partial charge in [-0.05, 0) is 24.3 Å². The smallest absolute Gasteiger partial charge is 0.271 e. The molecular weight excluding hydrogens is 244 g/mol. The maximum atomic E-state index is 11.7. The van der Waals surface area contributed by atoms with Crippen LogP contribution in [0.1, 0.15) is 15.9 Å². The molecule has 5 heteroatoms. The molecule has 0 fully saturated rings. The SMILES string of the molecule is O=C(N/N=C\c1cccc(O)c1O)c1ccccc1. The molecule has 0 aliphatic heterocycles. The normalized spacial score (nSPS) is 10.5. The van der Waals surface area contributed by atoms with Crippen molar-refractivity contribution in [2.24, 2.45) is 5.10 Å². The van der Waals surface area contributed by atoms with Crippen LogP contribution < -0.4 is 5.43 Å². The molecule has 0 radical (unpaired) electrons. The monoisotopic (exact) mass is 256 g/mol. The Kier molecular flexibility index (Phi) is 3.78. The zero-order valence-corrected chi connectivity index (χ0v) is 9.95. The van der Waals surface area contributed by atoms with Gasteiger partial charge in [0.05, 0.1) is 6.21 Å². The quantitative estimate of drug-likeness (QED) is 0.445. The second kappa shape index (κ2) is 5.68. The number of aromatic hydroxyl groups is 2. The van der Waals surface area contributed by atoms with E-state index in [1.807, 2.05) is 6.07 Å². The number of phenolic OH excluding ortho intramolecular Hbond substituents is 2. The number of nitrogens with zero attached hydrogens (tertiary/aromatic N) is 1. The molecule has 0 aromatic heterocycles. The molecule has 0 heterocycles. The third-order valence-corrected chi connectivity index (χ3v) is 2.45. The average molecular weight is 256 g/mol. The molecule has 1 amide bonds. The van der Waals surface area contributed by atoms with E-state index < -0.39 is 0 Å². The van der Waals surface area contributed by atoms with Crippen molar-refractivity contribution in [3.63, 3.8) is 0 Å². The minimum Gasteiger partial charge on any atom is -0.504 e. The molecule has 2 aromatic rings. The van der Waals surface area contributed by atoms with Gasteiger partial charge in [-0.15, -0.1) is 0 Å². The Morgan fingerprint density at radius 3 is 2.53 bits per heavy atom. The van der Waals surface area contributed by atoms with Gasteiger partial charge in [0.15, 0.2) is 11.5 Å². The molecular formula is C14H12N2O3. The van der Waals surface area contributed by atoms with E-state index >= 15 is 0 Å². The second-order valence-electron chi connectivity index (χ2n) is 3.78. The van der Waals surface area contributed by atoms with Gasteiger partial charge in [-0.2, -0.15) is 5.10 Å². The van der Waals surface area contributed by atoms with E-state index in [4.69, 9.17) is 0 Å². The summed E-state index contributed by atoms with van der Waals surface area (Å²) >= 11 is 0. The van der Waals surface area contributed by atoms with E-state index in [2.05, 4.69) is 10.5 Å². The van der Waals surface area contributed by atoms with Crippen molar-refractivity contribution in [2.75, 3.05) is 0 Å². The lowest BCUT2D eigenvalue weighted by atomic mass is 10.2. The standard InChI is InChI=1S/C14H12N2O3/c17-12-8-4-7-11(13(12)18)9-15-16-14(19)10-5-2-1-3-6-10/h1-9,17-18H,(H,16,19)/b15-9-. The summed E-state index contributed by atoms with van der Waals surface area (Å²) < 4.78 is 0. The highest BCUT2D eigenvalue weighted by Gasteiger charge is 2.04. The van der Waals surface area contributed by atoms with Gasteiger partial charge in [0.2, 0.25) is 0 Å². The topological polar surface area (TPSA) is 81.9 Å². The minimum atomic E-state index is -0.350. The second-order valence-corrected chi connectivity index (χ2v) is 3.78. The zero-order valence-electron chi connectivity index (χ0n) is 9.95. The molecule has 0 unspecified atom stereocenters. The van der Waals surface area contributed by atoms with Crippen molar-refractivity contribution < 1.29 is 15.0 Å². The van der Waals surface area contributed by atoms with Crippen molar-refractivity contribution in [2.45, 2.75) is 0 Å². The van der Waals surface area contributed by atoms with Gasteiger partial charge in [-0.3, -0.25) is 4.79 Å². The number of hydrogen-bond acceptors (Lipinski definition) is 4. The van der Waals surface area contributed by atoms with E-state index in [9.17, 15) is 15.0 Å². The predicted octanol–water partition coefficient (Wildman–Crippen LogP) is 1.86. The van der Waals surface area contributed by atoms with Gasteiger partial charge in [0.1, 0.15) is 0 Å². The molecule has 5 nitrogen and oxygen atoms in total. The number of phenols is 2. The summed E-state index contributed by atoms with van der Waals surface area (Å²) in [5, 5.41) is 22.5. The van der Waals surface area contributed by atoms with Gasteiger partial charge >= 0.3 is 0 Å². The summed E-state index contributed by atoms with van der Waals surface area (Å²) in [6.45, 7) is 0. The van der Waals surface area contributed by atoms with Crippen LogP contribution in [0.3, 0.4) is 0 Å². The maximum Gasteiger partial charge on any atom is 0.271 e. The van der Waals surface area contributed by atoms with E-state index in [1.165, 1.54) is 12.3 Å². The van der Waals surface area contributed by atoms with Crippen LogP contribution in [0.5, 0.6) is 11.5 Å². The molecule has 0 atom stereocenters. The number of nitrogens with one attached hydrogen (secondary N) is 1. The molecule has 0 spiro atoms. The zero-order chi connectivity index (χ0) is 13.7. The molecule has 0 saturated heterocycles. The molecule has 2 aromatic carbocycles. The maximum absolute atomic E-state index is 11.7. The lowest BCUT2D eigenvalue weighted by Crippen LogP contribution is -2.17. The first-order chi connectivity index (χ1) is 9.18. The number of carbonyl (C=O) groups is 1. The fourth-order valence-corrected chi connectivity index (χ4v) is 1.47. The van der Waals surface area contributed by atoms with E-state index in [1.54, 1.807) is 36.4 Å². The third kappa shape index (κ3) is 3.10. The molecule has 19 heavy (non-hydrogen) atoms. The highest BCUT2D eigenvalue weighted by Crippen LogP contribution is 2.26. The minimum absolute atomic E-state index is 0.238. The number of rotatable bonds is 3. The van der Waals surface area contributed by atoms with Crippen molar-refractivity contribution in [1.82, 2.24) is 5.43 Å². The Bertz CT molecular complexity index is 609. The van der Waals surface area contributed by atoms with Gasteiger partial charge < -0.3 is 10.2 Å². The first-order valence-corrected chi connectivity index (χ1v) is 5.58. The van der Waals surface area contributed by atoms with Crippen LogP contribution in [0, 0.1) is 0 Å². The Labute approximate surface area is 109 Å². The van der Waals surface area contributed by atoms with Crippen molar-refractivity contribution in [3.8, 4) is 11.5 Å². The summed E-state index contributed by atoms with van der Waals surface area (Å²) in [6, 6.07) is 13.1. The summed E-state index contributed by atoms with van der Waals surface area (Å²) in [6.07, 6.45) is 1.26. The molecule has 96 valence electrons. The highest BCUT2D eigenvalue weighted by molar-refractivity contribution is 5.95. The largest absolute Gasteiger partial charge is 0.504 e. The van der Waals surface area contributed by atoms with Crippen LogP contribution >= 0.6 is 0 Å². The van der Waals surface area contributed by atoms with Crippen LogP contribution in [0.4, 0.5) is 0 Å². The Hall–Kier alpha value is -2.82. The van der Waals surface area contributed by atoms with E-state index in [0.29, 0.717) is 11.1 Å². The molecule has 2 rings (SSSR count). The Morgan fingerprint density at radius 2 is 1.79 bits per heavy atom. The summed E-state index contributed by atoms with van der Waals surface area (Å²) in [5.41, 5.74) is 3.13. The molecule has 3 N–H and O–H groups in total. The number of hydrazone groups is 1. The number of carbonyl (C=O) groups excluding carboxylic acids is 1. The van der Waals surface area contributed by atoms with Crippen LogP contribution in [-0.4, -0.2) is 22.3 Å². The first kappa shape index (κ1) is 12.6. The molecule has 0 saturated carbocycles. The molecule has 0 bridgehead atoms. The van der Waals surface area contributed by atoms with Gasteiger partial charge in [-0.25, -0.2) is 5.43 Å². The van der Waals surface area contributed by atoms with Gasteiger partial charge in [-0.1, -0.05) is 24.3 Å². The third-order valence-electron chi connectivity index (χ3n) is 2.45. The first-order valence-electron chi connectivity index (χ1n) is 5.58.